The van der Waals surface area contributed by atoms with E-state index in [1.54, 1.807) is 24.3 Å². The van der Waals surface area contributed by atoms with Crippen molar-refractivity contribution in [2.24, 2.45) is 0 Å². The summed E-state index contributed by atoms with van der Waals surface area (Å²) >= 11 is 0. The first-order valence-electron chi connectivity index (χ1n) is 5.75. The van der Waals surface area contributed by atoms with Crippen LogP contribution in [0, 0.1) is 0 Å². The summed E-state index contributed by atoms with van der Waals surface area (Å²) in [6.07, 6.45) is -5.89. The van der Waals surface area contributed by atoms with Gasteiger partial charge in [0, 0.05) is 11.3 Å². The molecule has 1 unspecified atom stereocenters. The predicted octanol–water partition coefficient (Wildman–Crippen LogP) is 3.25. The molecule has 1 atom stereocenters. The van der Waals surface area contributed by atoms with Crippen molar-refractivity contribution in [3.05, 3.63) is 59.7 Å². The molecule has 0 fully saturated rings. The van der Waals surface area contributed by atoms with Gasteiger partial charge in [-0.2, -0.15) is 0 Å². The molecule has 0 radical (unpaired) electrons. The largest absolute Gasteiger partial charge is 0.573 e. The van der Waals surface area contributed by atoms with Crippen LogP contribution in [0.2, 0.25) is 0 Å². The highest BCUT2D eigenvalue weighted by Gasteiger charge is 2.31. The smallest absolute Gasteiger partial charge is 0.406 e. The van der Waals surface area contributed by atoms with E-state index in [2.05, 4.69) is 4.74 Å². The van der Waals surface area contributed by atoms with Gasteiger partial charge < -0.3 is 15.6 Å². The van der Waals surface area contributed by atoms with Crippen molar-refractivity contribution in [2.75, 3.05) is 5.73 Å². The predicted molar refractivity (Wildman–Crippen MR) is 68.0 cm³/mol. The standard InChI is InChI=1S/C14H12F3NO2/c15-14(16,17)20-10-5-3-4-9(8-10)13(19)11-6-1-2-7-12(11)18/h1-8,13,19H,18H2. The van der Waals surface area contributed by atoms with Crippen molar-refractivity contribution >= 4 is 5.69 Å². The third-order valence-corrected chi connectivity index (χ3v) is 2.70. The Balaban J connectivity index is 2.29. The van der Waals surface area contributed by atoms with Gasteiger partial charge in [-0.05, 0) is 23.8 Å². The molecule has 6 heteroatoms. The molecule has 0 aliphatic heterocycles. The minimum Gasteiger partial charge on any atom is -0.406 e. The average molecular weight is 283 g/mol. The van der Waals surface area contributed by atoms with Crippen LogP contribution in [0.25, 0.3) is 0 Å². The van der Waals surface area contributed by atoms with Crippen LogP contribution in [0.4, 0.5) is 18.9 Å². The van der Waals surface area contributed by atoms with Gasteiger partial charge in [-0.25, -0.2) is 0 Å². The fourth-order valence-corrected chi connectivity index (χ4v) is 1.82. The maximum absolute atomic E-state index is 12.2. The topological polar surface area (TPSA) is 55.5 Å². The van der Waals surface area contributed by atoms with Crippen LogP contribution in [0.1, 0.15) is 17.2 Å². The lowest BCUT2D eigenvalue weighted by atomic mass is 10.00. The Hall–Kier alpha value is -2.21. The monoisotopic (exact) mass is 283 g/mol. The molecule has 2 rings (SSSR count). The second-order valence-electron chi connectivity index (χ2n) is 4.15. The number of halogens is 3. The Morgan fingerprint density at radius 2 is 1.75 bits per heavy atom. The average Bonchev–Trinajstić information content (AvgIpc) is 2.37. The van der Waals surface area contributed by atoms with Crippen LogP contribution in [-0.2, 0) is 0 Å². The van der Waals surface area contributed by atoms with Gasteiger partial charge in [0.05, 0.1) is 0 Å². The van der Waals surface area contributed by atoms with Crippen LogP contribution >= 0.6 is 0 Å². The quantitative estimate of drug-likeness (QED) is 0.850. The van der Waals surface area contributed by atoms with Crippen LogP contribution in [0.5, 0.6) is 5.75 Å². The minimum atomic E-state index is -4.77. The third-order valence-electron chi connectivity index (χ3n) is 2.70. The molecular weight excluding hydrogens is 271 g/mol. The highest BCUT2D eigenvalue weighted by Crippen LogP contribution is 2.30. The molecule has 20 heavy (non-hydrogen) atoms. The number of benzene rings is 2. The maximum Gasteiger partial charge on any atom is 0.573 e. The first kappa shape index (κ1) is 14.2. The number of alkyl halides is 3. The molecule has 2 aromatic carbocycles. The van der Waals surface area contributed by atoms with Crippen molar-refractivity contribution < 1.29 is 23.0 Å². The molecule has 0 saturated heterocycles. The summed E-state index contributed by atoms with van der Waals surface area (Å²) in [5, 5.41) is 10.2. The van der Waals surface area contributed by atoms with Crippen LogP contribution in [0.15, 0.2) is 48.5 Å². The normalized spacial score (nSPS) is 13.0. The van der Waals surface area contributed by atoms with Crippen LogP contribution in [0.3, 0.4) is 0 Å². The summed E-state index contributed by atoms with van der Waals surface area (Å²) in [7, 11) is 0. The molecule has 0 aliphatic carbocycles. The van der Waals surface area contributed by atoms with Gasteiger partial charge >= 0.3 is 6.36 Å². The number of rotatable bonds is 3. The zero-order valence-corrected chi connectivity index (χ0v) is 10.3. The molecule has 0 aromatic heterocycles. The highest BCUT2D eigenvalue weighted by atomic mass is 19.4. The maximum atomic E-state index is 12.2. The van der Waals surface area contributed by atoms with E-state index >= 15 is 0 Å². The zero-order valence-electron chi connectivity index (χ0n) is 10.3. The molecular formula is C14H12F3NO2. The lowest BCUT2D eigenvalue weighted by Gasteiger charge is -2.15. The number of aliphatic hydroxyl groups is 1. The van der Waals surface area contributed by atoms with Crippen molar-refractivity contribution in [3.63, 3.8) is 0 Å². The number of aliphatic hydroxyl groups excluding tert-OH is 1. The van der Waals surface area contributed by atoms with Crippen LogP contribution < -0.4 is 10.5 Å². The first-order valence-corrected chi connectivity index (χ1v) is 5.75. The lowest BCUT2D eigenvalue weighted by molar-refractivity contribution is -0.274. The van der Waals surface area contributed by atoms with E-state index in [4.69, 9.17) is 5.73 Å². The van der Waals surface area contributed by atoms with Crippen molar-refractivity contribution in [3.8, 4) is 5.75 Å². The lowest BCUT2D eigenvalue weighted by Crippen LogP contribution is -2.17. The summed E-state index contributed by atoms with van der Waals surface area (Å²) in [5.41, 5.74) is 6.79. The number of para-hydroxylation sites is 1. The number of hydrogen-bond donors (Lipinski definition) is 2. The summed E-state index contributed by atoms with van der Waals surface area (Å²) in [4.78, 5) is 0. The van der Waals surface area contributed by atoms with E-state index in [0.29, 0.717) is 11.3 Å². The minimum absolute atomic E-state index is 0.268. The number of ether oxygens (including phenoxy) is 1. The zero-order chi connectivity index (χ0) is 14.8. The Bertz CT molecular complexity index is 599. The van der Waals surface area contributed by atoms with Crippen molar-refractivity contribution in [2.45, 2.75) is 12.5 Å². The first-order chi connectivity index (χ1) is 9.37. The number of hydrogen-bond acceptors (Lipinski definition) is 3. The summed E-state index contributed by atoms with van der Waals surface area (Å²) in [5.74, 6) is -0.386. The second kappa shape index (κ2) is 5.42. The molecule has 106 valence electrons. The fraction of sp³-hybridized carbons (Fsp3) is 0.143. The van der Waals surface area contributed by atoms with Gasteiger partial charge in [0.2, 0.25) is 0 Å². The van der Waals surface area contributed by atoms with Gasteiger partial charge in [-0.15, -0.1) is 13.2 Å². The Morgan fingerprint density at radius 1 is 1.05 bits per heavy atom. The molecule has 0 aliphatic rings. The van der Waals surface area contributed by atoms with Gasteiger partial charge in [-0.3, -0.25) is 0 Å². The van der Waals surface area contributed by atoms with Crippen molar-refractivity contribution in [1.29, 1.82) is 0 Å². The van der Waals surface area contributed by atoms with E-state index in [9.17, 15) is 18.3 Å². The Kier molecular flexibility index (Phi) is 3.85. The van der Waals surface area contributed by atoms with Gasteiger partial charge in [0.1, 0.15) is 11.9 Å². The van der Waals surface area contributed by atoms with Gasteiger partial charge in [0.15, 0.2) is 0 Å². The molecule has 0 spiro atoms. The summed E-state index contributed by atoms with van der Waals surface area (Å²) < 4.78 is 40.3. The third kappa shape index (κ3) is 3.42. The van der Waals surface area contributed by atoms with E-state index in [1.807, 2.05) is 0 Å². The molecule has 0 heterocycles. The second-order valence-corrected chi connectivity index (χ2v) is 4.15. The van der Waals surface area contributed by atoms with Gasteiger partial charge in [0.25, 0.3) is 0 Å². The Labute approximate surface area is 113 Å². The fourth-order valence-electron chi connectivity index (χ4n) is 1.82. The molecule has 0 bridgehead atoms. The number of nitrogens with two attached hydrogens (primary N) is 1. The van der Waals surface area contributed by atoms with E-state index in [0.717, 1.165) is 12.1 Å². The SMILES string of the molecule is Nc1ccccc1C(O)c1cccc(OC(F)(F)F)c1. The Morgan fingerprint density at radius 3 is 2.40 bits per heavy atom. The number of anilines is 1. The summed E-state index contributed by atoms with van der Waals surface area (Å²) in [6.45, 7) is 0. The summed E-state index contributed by atoms with van der Waals surface area (Å²) in [6, 6.07) is 11.8. The molecule has 0 saturated carbocycles. The molecule has 3 nitrogen and oxygen atoms in total. The molecule has 2 aromatic rings. The molecule has 0 amide bonds. The van der Waals surface area contributed by atoms with E-state index < -0.39 is 12.5 Å². The molecule has 3 N–H and O–H groups in total. The van der Waals surface area contributed by atoms with E-state index in [-0.39, 0.29) is 11.3 Å². The van der Waals surface area contributed by atoms with Crippen LogP contribution in [-0.4, -0.2) is 11.5 Å². The van der Waals surface area contributed by atoms with E-state index in [1.165, 1.54) is 12.1 Å². The number of nitrogen functional groups attached to an aromatic ring is 1. The highest BCUT2D eigenvalue weighted by molar-refractivity contribution is 5.50. The van der Waals surface area contributed by atoms with Gasteiger partial charge in [-0.1, -0.05) is 30.3 Å². The van der Waals surface area contributed by atoms with Crippen molar-refractivity contribution in [1.82, 2.24) is 0 Å².